The van der Waals surface area contributed by atoms with Gasteiger partial charge in [-0.25, -0.2) is 0 Å². The molecule has 0 saturated carbocycles. The molecule has 3 rings (SSSR count). The normalized spacial score (nSPS) is 11.6. The van der Waals surface area contributed by atoms with E-state index in [4.69, 9.17) is 23.2 Å². The molecule has 0 radical (unpaired) electrons. The second-order valence-electron chi connectivity index (χ2n) is 4.58. The molecule has 1 heterocycles. The third kappa shape index (κ3) is 2.67. The number of aromatic nitrogens is 1. The maximum Gasteiger partial charge on any atom is 0.0998 e. The van der Waals surface area contributed by atoms with E-state index >= 15 is 0 Å². The van der Waals surface area contributed by atoms with E-state index in [1.165, 1.54) is 0 Å². The molecule has 21 heavy (non-hydrogen) atoms. The molecule has 1 aromatic heterocycles. The zero-order chi connectivity index (χ0) is 14.8. The van der Waals surface area contributed by atoms with Gasteiger partial charge in [0, 0.05) is 33.2 Å². The first kappa shape index (κ1) is 13.8. The van der Waals surface area contributed by atoms with Crippen molar-refractivity contribution in [2.75, 3.05) is 0 Å². The van der Waals surface area contributed by atoms with Crippen LogP contribution in [0.2, 0.25) is 10.0 Å². The molecule has 0 atom stereocenters. The summed E-state index contributed by atoms with van der Waals surface area (Å²) in [6.07, 6.45) is 3.71. The van der Waals surface area contributed by atoms with Gasteiger partial charge < -0.3 is 4.98 Å². The highest BCUT2D eigenvalue weighted by Gasteiger charge is 2.08. The number of benzene rings is 2. The van der Waals surface area contributed by atoms with Crippen LogP contribution in [-0.2, 0) is 0 Å². The van der Waals surface area contributed by atoms with Crippen molar-refractivity contribution in [2.45, 2.75) is 0 Å². The van der Waals surface area contributed by atoms with Gasteiger partial charge in [-0.3, -0.25) is 0 Å². The maximum atomic E-state index is 9.42. The first-order chi connectivity index (χ1) is 10.2. The summed E-state index contributed by atoms with van der Waals surface area (Å²) in [5.41, 5.74) is 3.16. The van der Waals surface area contributed by atoms with Gasteiger partial charge in [-0.15, -0.1) is 0 Å². The fourth-order valence-corrected chi connectivity index (χ4v) is 2.76. The number of nitrogens with zero attached hydrogens (tertiary/aromatic N) is 1. The van der Waals surface area contributed by atoms with E-state index in [0.717, 1.165) is 16.5 Å². The summed E-state index contributed by atoms with van der Waals surface area (Å²) >= 11 is 12.1. The van der Waals surface area contributed by atoms with Crippen LogP contribution in [0, 0.1) is 11.3 Å². The fraction of sp³-hybridized carbons (Fsp3) is 0. The molecule has 0 fully saturated rings. The molecule has 0 amide bonds. The molecule has 2 nitrogen and oxygen atoms in total. The zero-order valence-electron chi connectivity index (χ0n) is 10.9. The molecule has 3 aromatic rings. The minimum atomic E-state index is 0.468. The van der Waals surface area contributed by atoms with Crippen LogP contribution in [-0.4, -0.2) is 4.98 Å². The lowest BCUT2D eigenvalue weighted by molar-refractivity contribution is 1.47. The number of nitriles is 1. The van der Waals surface area contributed by atoms with Gasteiger partial charge in [0.15, 0.2) is 0 Å². The van der Waals surface area contributed by atoms with Gasteiger partial charge in [-0.2, -0.15) is 5.26 Å². The number of hydrogen-bond acceptors (Lipinski definition) is 1. The second-order valence-corrected chi connectivity index (χ2v) is 5.43. The van der Waals surface area contributed by atoms with Crippen LogP contribution >= 0.6 is 23.2 Å². The highest BCUT2D eigenvalue weighted by Crippen LogP contribution is 2.29. The lowest BCUT2D eigenvalue weighted by Crippen LogP contribution is -1.84. The number of aromatic amines is 1. The Kier molecular flexibility index (Phi) is 3.70. The molecular weight excluding hydrogens is 303 g/mol. The van der Waals surface area contributed by atoms with Crippen molar-refractivity contribution in [3.63, 3.8) is 0 Å². The summed E-state index contributed by atoms with van der Waals surface area (Å²) in [4.78, 5) is 3.18. The lowest BCUT2D eigenvalue weighted by Gasteiger charge is -2.03. The van der Waals surface area contributed by atoms with Gasteiger partial charge >= 0.3 is 0 Å². The number of nitrogens with one attached hydrogen (secondary N) is 1. The Morgan fingerprint density at radius 3 is 2.71 bits per heavy atom. The predicted molar refractivity (Wildman–Crippen MR) is 88.2 cm³/mol. The first-order valence-corrected chi connectivity index (χ1v) is 7.08. The van der Waals surface area contributed by atoms with E-state index in [2.05, 4.69) is 11.1 Å². The Balaban J connectivity index is 2.13. The van der Waals surface area contributed by atoms with E-state index in [9.17, 15) is 5.26 Å². The van der Waals surface area contributed by atoms with Crippen LogP contribution in [0.5, 0.6) is 0 Å². The molecule has 4 heteroatoms. The molecule has 1 N–H and O–H groups in total. The van der Waals surface area contributed by atoms with E-state index in [-0.39, 0.29) is 0 Å². The number of halogens is 2. The van der Waals surface area contributed by atoms with Gasteiger partial charge in [0.25, 0.3) is 0 Å². The molecule has 0 spiro atoms. The molecule has 102 valence electrons. The van der Waals surface area contributed by atoms with E-state index in [0.29, 0.717) is 21.2 Å². The maximum absolute atomic E-state index is 9.42. The standard InChI is InChI=1S/C17H10Cl2N2/c18-13-5-6-14(16(19)8-13)11(9-20)7-12-10-21-17-4-2-1-3-15(12)17/h1-8,10,21H/b11-7+. The summed E-state index contributed by atoms with van der Waals surface area (Å²) in [6.45, 7) is 0. The quantitative estimate of drug-likeness (QED) is 0.620. The molecule has 0 bridgehead atoms. The molecule has 0 unspecified atom stereocenters. The van der Waals surface area contributed by atoms with Crippen LogP contribution in [0.15, 0.2) is 48.7 Å². The molecule has 2 aromatic carbocycles. The average Bonchev–Trinajstić information content (AvgIpc) is 2.89. The van der Waals surface area contributed by atoms with Crippen LogP contribution in [0.25, 0.3) is 22.6 Å². The fourth-order valence-electron chi connectivity index (χ4n) is 2.25. The van der Waals surface area contributed by atoms with E-state index < -0.39 is 0 Å². The van der Waals surface area contributed by atoms with Gasteiger partial charge in [-0.1, -0.05) is 47.5 Å². The predicted octanol–water partition coefficient (Wildman–Crippen LogP) is 5.54. The van der Waals surface area contributed by atoms with Crippen LogP contribution in [0.4, 0.5) is 0 Å². The lowest BCUT2D eigenvalue weighted by atomic mass is 10.0. The summed E-state index contributed by atoms with van der Waals surface area (Å²) in [7, 11) is 0. The third-order valence-corrected chi connectivity index (χ3v) is 3.81. The minimum Gasteiger partial charge on any atom is -0.361 e. The number of H-pyrrole nitrogens is 1. The van der Waals surface area contributed by atoms with Gasteiger partial charge in [0.2, 0.25) is 0 Å². The molecular formula is C17H10Cl2N2. The summed E-state index contributed by atoms with van der Waals surface area (Å²) < 4.78 is 0. The third-order valence-electron chi connectivity index (χ3n) is 3.26. The van der Waals surface area contributed by atoms with Crippen LogP contribution < -0.4 is 0 Å². The highest BCUT2D eigenvalue weighted by molar-refractivity contribution is 6.36. The largest absolute Gasteiger partial charge is 0.361 e. The molecule has 0 aliphatic heterocycles. The number of rotatable bonds is 2. The number of allylic oxidation sites excluding steroid dienone is 1. The SMILES string of the molecule is N#C/C(=C\c1c[nH]c2ccccc12)c1ccc(Cl)cc1Cl. The summed E-state index contributed by atoms with van der Waals surface area (Å²) in [5.74, 6) is 0. The van der Waals surface area contributed by atoms with E-state index in [1.54, 1.807) is 18.2 Å². The summed E-state index contributed by atoms with van der Waals surface area (Å²) in [6, 6.07) is 15.3. The summed E-state index contributed by atoms with van der Waals surface area (Å²) in [5, 5.41) is 11.5. The van der Waals surface area contributed by atoms with Crippen molar-refractivity contribution in [1.29, 1.82) is 5.26 Å². The number of para-hydroxylation sites is 1. The minimum absolute atomic E-state index is 0.468. The van der Waals surface area contributed by atoms with Crippen molar-refractivity contribution < 1.29 is 0 Å². The van der Waals surface area contributed by atoms with Gasteiger partial charge in [0.05, 0.1) is 16.7 Å². The Morgan fingerprint density at radius 1 is 1.14 bits per heavy atom. The molecule has 0 aliphatic rings. The van der Waals surface area contributed by atoms with Gasteiger partial charge in [-0.05, 0) is 24.3 Å². The average molecular weight is 313 g/mol. The Morgan fingerprint density at radius 2 is 1.95 bits per heavy atom. The number of fused-ring (bicyclic) bond motifs is 1. The molecule has 0 saturated heterocycles. The van der Waals surface area contributed by atoms with Gasteiger partial charge in [0.1, 0.15) is 0 Å². The number of hydrogen-bond donors (Lipinski definition) is 1. The zero-order valence-corrected chi connectivity index (χ0v) is 12.4. The molecule has 0 aliphatic carbocycles. The topological polar surface area (TPSA) is 39.6 Å². The van der Waals surface area contributed by atoms with Crippen molar-refractivity contribution >= 4 is 45.8 Å². The van der Waals surface area contributed by atoms with Crippen molar-refractivity contribution in [2.24, 2.45) is 0 Å². The highest BCUT2D eigenvalue weighted by atomic mass is 35.5. The van der Waals surface area contributed by atoms with Crippen LogP contribution in [0.3, 0.4) is 0 Å². The monoisotopic (exact) mass is 312 g/mol. The van der Waals surface area contributed by atoms with Crippen molar-refractivity contribution in [1.82, 2.24) is 4.98 Å². The first-order valence-electron chi connectivity index (χ1n) is 6.32. The smallest absolute Gasteiger partial charge is 0.0998 e. The van der Waals surface area contributed by atoms with E-state index in [1.807, 2.05) is 36.5 Å². The van der Waals surface area contributed by atoms with Crippen molar-refractivity contribution in [3.8, 4) is 6.07 Å². The Hall–Kier alpha value is -2.21. The Bertz CT molecular complexity index is 885. The van der Waals surface area contributed by atoms with Crippen molar-refractivity contribution in [3.05, 3.63) is 69.8 Å². The van der Waals surface area contributed by atoms with Crippen LogP contribution in [0.1, 0.15) is 11.1 Å². The Labute approximate surface area is 132 Å². The second kappa shape index (κ2) is 5.65.